The van der Waals surface area contributed by atoms with Gasteiger partial charge in [0.1, 0.15) is 11.8 Å². The molecule has 0 radical (unpaired) electrons. The SMILES string of the molecule is CCOC(=O)[C@@H](Cc1cc(I)c(O)c(I)c1)NC(C)=O. The van der Waals surface area contributed by atoms with Crippen molar-refractivity contribution >= 4 is 57.1 Å². The van der Waals surface area contributed by atoms with Crippen LogP contribution in [-0.2, 0) is 20.7 Å². The molecule has 0 saturated heterocycles. The molecule has 20 heavy (non-hydrogen) atoms. The van der Waals surface area contributed by atoms with Gasteiger partial charge in [-0.2, -0.15) is 0 Å². The molecular weight excluding hydrogens is 488 g/mol. The van der Waals surface area contributed by atoms with Crippen molar-refractivity contribution in [1.29, 1.82) is 0 Å². The van der Waals surface area contributed by atoms with Crippen molar-refractivity contribution in [3.8, 4) is 5.75 Å². The lowest BCUT2D eigenvalue weighted by Gasteiger charge is -2.17. The minimum Gasteiger partial charge on any atom is -0.506 e. The number of phenols is 1. The molecule has 7 heteroatoms. The van der Waals surface area contributed by atoms with E-state index in [-0.39, 0.29) is 18.3 Å². The number of carbonyl (C=O) groups is 2. The smallest absolute Gasteiger partial charge is 0.328 e. The zero-order valence-corrected chi connectivity index (χ0v) is 15.4. The van der Waals surface area contributed by atoms with Crippen LogP contribution in [-0.4, -0.2) is 29.6 Å². The van der Waals surface area contributed by atoms with E-state index in [4.69, 9.17) is 4.74 Å². The van der Waals surface area contributed by atoms with E-state index in [1.807, 2.05) is 45.2 Å². The van der Waals surface area contributed by atoms with Crippen molar-refractivity contribution in [3.63, 3.8) is 0 Å². The first kappa shape index (κ1) is 17.5. The zero-order chi connectivity index (χ0) is 15.3. The number of esters is 1. The normalized spacial score (nSPS) is 11.8. The predicted molar refractivity (Wildman–Crippen MR) is 91.5 cm³/mol. The first-order valence-electron chi connectivity index (χ1n) is 5.95. The van der Waals surface area contributed by atoms with E-state index in [1.54, 1.807) is 19.1 Å². The van der Waals surface area contributed by atoms with Gasteiger partial charge in [-0.25, -0.2) is 4.79 Å². The molecule has 0 heterocycles. The largest absolute Gasteiger partial charge is 0.506 e. The number of amides is 1. The summed E-state index contributed by atoms with van der Waals surface area (Å²) in [6.45, 7) is 3.34. The Bertz CT molecular complexity index is 496. The van der Waals surface area contributed by atoms with E-state index >= 15 is 0 Å². The molecule has 0 spiro atoms. The van der Waals surface area contributed by atoms with Crippen molar-refractivity contribution in [2.45, 2.75) is 26.3 Å². The molecule has 5 nitrogen and oxygen atoms in total. The molecule has 1 aromatic carbocycles. The maximum absolute atomic E-state index is 11.8. The molecule has 1 aromatic rings. The number of phenolic OH excluding ortho intramolecular Hbond substituents is 1. The van der Waals surface area contributed by atoms with Gasteiger partial charge >= 0.3 is 5.97 Å². The van der Waals surface area contributed by atoms with E-state index in [1.165, 1.54) is 6.92 Å². The number of carbonyl (C=O) groups excluding carboxylic acids is 2. The summed E-state index contributed by atoms with van der Waals surface area (Å²) in [5.74, 6) is -0.519. The average Bonchev–Trinajstić information content (AvgIpc) is 2.34. The monoisotopic (exact) mass is 503 g/mol. The first-order valence-corrected chi connectivity index (χ1v) is 8.11. The van der Waals surface area contributed by atoms with E-state index in [0.717, 1.165) is 5.56 Å². The van der Waals surface area contributed by atoms with Gasteiger partial charge in [-0.3, -0.25) is 4.79 Å². The van der Waals surface area contributed by atoms with Crippen LogP contribution in [0.4, 0.5) is 0 Å². The highest BCUT2D eigenvalue weighted by Gasteiger charge is 2.22. The molecule has 0 saturated carbocycles. The number of ether oxygens (including phenoxy) is 1. The molecule has 1 atom stereocenters. The maximum atomic E-state index is 11.8. The van der Waals surface area contributed by atoms with Gasteiger partial charge in [-0.05, 0) is 69.8 Å². The number of benzene rings is 1. The highest BCUT2D eigenvalue weighted by Crippen LogP contribution is 2.27. The summed E-state index contributed by atoms with van der Waals surface area (Å²) < 4.78 is 6.36. The van der Waals surface area contributed by atoms with Crippen molar-refractivity contribution in [2.24, 2.45) is 0 Å². The summed E-state index contributed by atoms with van der Waals surface area (Å²) in [5, 5.41) is 12.3. The lowest BCUT2D eigenvalue weighted by atomic mass is 10.1. The molecule has 0 aliphatic rings. The Morgan fingerprint density at radius 3 is 2.35 bits per heavy atom. The van der Waals surface area contributed by atoms with Crippen LogP contribution >= 0.6 is 45.2 Å². The van der Waals surface area contributed by atoms with Crippen molar-refractivity contribution in [2.75, 3.05) is 6.61 Å². The molecule has 0 unspecified atom stereocenters. The van der Waals surface area contributed by atoms with Gasteiger partial charge in [0.15, 0.2) is 0 Å². The van der Waals surface area contributed by atoms with Gasteiger partial charge in [0.05, 0.1) is 13.7 Å². The number of nitrogens with one attached hydrogen (secondary N) is 1. The fraction of sp³-hybridized carbons (Fsp3) is 0.385. The summed E-state index contributed by atoms with van der Waals surface area (Å²) in [7, 11) is 0. The summed E-state index contributed by atoms with van der Waals surface area (Å²) in [4.78, 5) is 23.0. The number of aromatic hydroxyl groups is 1. The van der Waals surface area contributed by atoms with Gasteiger partial charge in [0.25, 0.3) is 0 Å². The van der Waals surface area contributed by atoms with Crippen LogP contribution in [0.25, 0.3) is 0 Å². The standard InChI is InChI=1S/C13H15I2NO4/c1-3-20-13(19)11(16-7(2)17)6-8-4-9(14)12(18)10(15)5-8/h4-5,11,18H,3,6H2,1-2H3,(H,16,17)/t11-/m1/s1. The Morgan fingerprint density at radius 2 is 1.90 bits per heavy atom. The quantitative estimate of drug-likeness (QED) is 0.478. The second-order valence-electron chi connectivity index (χ2n) is 4.12. The second-order valence-corrected chi connectivity index (χ2v) is 6.44. The van der Waals surface area contributed by atoms with Gasteiger partial charge in [-0.15, -0.1) is 0 Å². The van der Waals surface area contributed by atoms with E-state index in [9.17, 15) is 14.7 Å². The number of hydrogen-bond donors (Lipinski definition) is 2. The Kier molecular flexibility index (Phi) is 7.00. The lowest BCUT2D eigenvalue weighted by Crippen LogP contribution is -2.42. The van der Waals surface area contributed by atoms with Crippen LogP contribution in [0.3, 0.4) is 0 Å². The van der Waals surface area contributed by atoms with Crippen LogP contribution < -0.4 is 5.32 Å². The minimum atomic E-state index is -0.719. The Labute approximate surface area is 144 Å². The molecule has 0 aromatic heterocycles. The Hall–Kier alpha value is -0.580. The minimum absolute atomic E-state index is 0.224. The molecule has 0 bridgehead atoms. The van der Waals surface area contributed by atoms with E-state index < -0.39 is 12.0 Å². The first-order chi connectivity index (χ1) is 9.35. The summed E-state index contributed by atoms with van der Waals surface area (Å²) >= 11 is 4.05. The average molecular weight is 503 g/mol. The number of halogens is 2. The zero-order valence-electron chi connectivity index (χ0n) is 11.1. The van der Waals surface area contributed by atoms with E-state index in [0.29, 0.717) is 13.6 Å². The Morgan fingerprint density at radius 1 is 1.35 bits per heavy atom. The third-order valence-corrected chi connectivity index (χ3v) is 4.11. The van der Waals surface area contributed by atoms with Gasteiger partial charge < -0.3 is 15.2 Å². The van der Waals surface area contributed by atoms with Crippen LogP contribution in [0.15, 0.2) is 12.1 Å². The molecule has 2 N–H and O–H groups in total. The van der Waals surface area contributed by atoms with Crippen molar-refractivity contribution in [3.05, 3.63) is 24.8 Å². The highest BCUT2D eigenvalue weighted by atomic mass is 127. The van der Waals surface area contributed by atoms with Crippen LogP contribution in [0.1, 0.15) is 19.4 Å². The maximum Gasteiger partial charge on any atom is 0.328 e. The summed E-state index contributed by atoms with van der Waals surface area (Å²) in [6, 6.07) is 2.85. The molecule has 1 amide bonds. The van der Waals surface area contributed by atoms with Crippen LogP contribution in [0.2, 0.25) is 0 Å². The van der Waals surface area contributed by atoms with E-state index in [2.05, 4.69) is 5.32 Å². The summed E-state index contributed by atoms with van der Waals surface area (Å²) in [6.07, 6.45) is 0.324. The van der Waals surface area contributed by atoms with Gasteiger partial charge in [0, 0.05) is 13.3 Å². The molecule has 1 rings (SSSR count). The van der Waals surface area contributed by atoms with Gasteiger partial charge in [0.2, 0.25) is 5.91 Å². The number of hydrogen-bond acceptors (Lipinski definition) is 4. The van der Waals surface area contributed by atoms with Crippen LogP contribution in [0.5, 0.6) is 5.75 Å². The van der Waals surface area contributed by atoms with Crippen LogP contribution in [0, 0.1) is 7.14 Å². The number of rotatable bonds is 5. The molecular formula is C13H15I2NO4. The van der Waals surface area contributed by atoms with Crippen molar-refractivity contribution < 1.29 is 19.4 Å². The summed E-state index contributed by atoms with van der Waals surface area (Å²) in [5.41, 5.74) is 0.850. The lowest BCUT2D eigenvalue weighted by molar-refractivity contribution is -0.147. The Balaban J connectivity index is 2.94. The highest BCUT2D eigenvalue weighted by molar-refractivity contribution is 14.1. The molecule has 0 fully saturated rings. The third-order valence-electron chi connectivity index (χ3n) is 2.47. The molecule has 0 aliphatic heterocycles. The fourth-order valence-corrected chi connectivity index (χ4v) is 3.55. The molecule has 110 valence electrons. The molecule has 0 aliphatic carbocycles. The second kappa shape index (κ2) is 8.01. The van der Waals surface area contributed by atoms with Gasteiger partial charge in [-0.1, -0.05) is 0 Å². The predicted octanol–water partition coefficient (Wildman–Crippen LogP) is 2.21. The topological polar surface area (TPSA) is 75.6 Å². The van der Waals surface area contributed by atoms with Crippen molar-refractivity contribution in [1.82, 2.24) is 5.32 Å². The fourth-order valence-electron chi connectivity index (χ4n) is 1.65. The third kappa shape index (κ3) is 5.08.